The van der Waals surface area contributed by atoms with Crippen molar-refractivity contribution in [2.24, 2.45) is 5.41 Å². The summed E-state index contributed by atoms with van der Waals surface area (Å²) in [6.45, 7) is 15.9. The van der Waals surface area contributed by atoms with Crippen molar-refractivity contribution >= 4 is 15.9 Å². The Morgan fingerprint density at radius 2 is 1.34 bits per heavy atom. The molecule has 0 unspecified atom stereocenters. The Labute approximate surface area is 222 Å². The van der Waals surface area contributed by atoms with Crippen LogP contribution in [0.5, 0.6) is 11.5 Å². The van der Waals surface area contributed by atoms with Crippen molar-refractivity contribution in [3.8, 4) is 11.5 Å². The molecule has 196 valence electrons. The van der Waals surface area contributed by atoms with E-state index in [4.69, 9.17) is 14.2 Å². The first kappa shape index (κ1) is 29.7. The number of unbranched alkanes of at least 4 members (excludes halogenated alkanes) is 1. The van der Waals surface area contributed by atoms with Crippen LogP contribution < -0.4 is 9.47 Å². The van der Waals surface area contributed by atoms with Gasteiger partial charge in [0.1, 0.15) is 18.1 Å². The topological polar surface area (TPSA) is 30.9 Å². The molecule has 0 amide bonds. The highest BCUT2D eigenvalue weighted by atomic mass is 79.9. The van der Waals surface area contributed by atoms with E-state index < -0.39 is 0 Å². The molecule has 2 rings (SSSR count). The standard InChI is InChI=1S/C30H46BrNO3/c1-29(2,3)24-30(4,5)26-11-15-28(16-12-26)35-22-21-33-20-18-32(6)23-25-9-13-27(14-10-25)34-19-8-7-17-31/h9-16H,7-8,17-24H2,1-6H3. The molecule has 0 N–H and O–H groups in total. The van der Waals surface area contributed by atoms with E-state index in [1.807, 2.05) is 0 Å². The maximum atomic E-state index is 5.88. The van der Waals surface area contributed by atoms with Gasteiger partial charge in [0.25, 0.3) is 0 Å². The van der Waals surface area contributed by atoms with Gasteiger partial charge in [0, 0.05) is 18.4 Å². The smallest absolute Gasteiger partial charge is 0.119 e. The summed E-state index contributed by atoms with van der Waals surface area (Å²) in [5.74, 6) is 1.84. The minimum Gasteiger partial charge on any atom is -0.494 e. The van der Waals surface area contributed by atoms with Crippen molar-refractivity contribution in [3.05, 3.63) is 59.7 Å². The van der Waals surface area contributed by atoms with E-state index >= 15 is 0 Å². The van der Waals surface area contributed by atoms with Crippen molar-refractivity contribution < 1.29 is 14.2 Å². The molecular weight excluding hydrogens is 502 g/mol. The van der Waals surface area contributed by atoms with Crippen LogP contribution >= 0.6 is 15.9 Å². The summed E-state index contributed by atoms with van der Waals surface area (Å²) in [5, 5.41) is 1.03. The maximum absolute atomic E-state index is 5.88. The first-order chi connectivity index (χ1) is 16.6. The Morgan fingerprint density at radius 3 is 1.94 bits per heavy atom. The zero-order chi connectivity index (χ0) is 25.7. The molecule has 0 heterocycles. The van der Waals surface area contributed by atoms with Crippen LogP contribution in [0.4, 0.5) is 0 Å². The lowest BCUT2D eigenvalue weighted by Gasteiger charge is -2.33. The minimum absolute atomic E-state index is 0.147. The van der Waals surface area contributed by atoms with Gasteiger partial charge in [0.15, 0.2) is 0 Å². The zero-order valence-electron chi connectivity index (χ0n) is 22.7. The molecule has 0 spiro atoms. The van der Waals surface area contributed by atoms with Crippen LogP contribution in [0.2, 0.25) is 0 Å². The number of halogens is 1. The summed E-state index contributed by atoms with van der Waals surface area (Å²) in [5.41, 5.74) is 3.08. The molecule has 0 aromatic heterocycles. The lowest BCUT2D eigenvalue weighted by atomic mass is 9.72. The molecule has 0 saturated heterocycles. The van der Waals surface area contributed by atoms with Crippen molar-refractivity contribution in [2.45, 2.75) is 65.8 Å². The van der Waals surface area contributed by atoms with Crippen LogP contribution in [0.25, 0.3) is 0 Å². The number of ether oxygens (including phenoxy) is 3. The SMILES string of the molecule is CN(CCOCCOc1ccc(C(C)(C)CC(C)(C)C)cc1)Cc1ccc(OCCCCBr)cc1. The molecule has 0 fully saturated rings. The predicted octanol–water partition coefficient (Wildman–Crippen LogP) is 7.48. The van der Waals surface area contributed by atoms with Crippen LogP contribution in [0.1, 0.15) is 65.0 Å². The van der Waals surface area contributed by atoms with Crippen molar-refractivity contribution in [1.82, 2.24) is 4.90 Å². The molecule has 0 aliphatic carbocycles. The quantitative estimate of drug-likeness (QED) is 0.161. The summed E-state index contributed by atoms with van der Waals surface area (Å²) in [4.78, 5) is 2.27. The van der Waals surface area contributed by atoms with Crippen LogP contribution in [-0.4, -0.2) is 50.2 Å². The molecule has 4 nitrogen and oxygen atoms in total. The lowest BCUT2D eigenvalue weighted by molar-refractivity contribution is 0.0836. The van der Waals surface area contributed by atoms with E-state index in [0.29, 0.717) is 25.2 Å². The van der Waals surface area contributed by atoms with Gasteiger partial charge in [-0.25, -0.2) is 0 Å². The minimum atomic E-state index is 0.147. The molecule has 2 aromatic carbocycles. The molecule has 5 heteroatoms. The Hall–Kier alpha value is -1.56. The molecule has 0 saturated carbocycles. The number of alkyl halides is 1. The highest BCUT2D eigenvalue weighted by Gasteiger charge is 2.27. The first-order valence-corrected chi connectivity index (χ1v) is 14.0. The lowest BCUT2D eigenvalue weighted by Crippen LogP contribution is -2.24. The Bertz CT molecular complexity index is 828. The maximum Gasteiger partial charge on any atom is 0.119 e. The summed E-state index contributed by atoms with van der Waals surface area (Å²) in [6.07, 6.45) is 3.35. The zero-order valence-corrected chi connectivity index (χ0v) is 24.3. The summed E-state index contributed by atoms with van der Waals surface area (Å²) in [6, 6.07) is 16.9. The van der Waals surface area contributed by atoms with Crippen LogP contribution in [0.3, 0.4) is 0 Å². The number of nitrogens with zero attached hydrogens (tertiary/aromatic N) is 1. The average Bonchev–Trinajstić information content (AvgIpc) is 2.79. The number of benzene rings is 2. The average molecular weight is 549 g/mol. The second-order valence-corrected chi connectivity index (χ2v) is 12.0. The first-order valence-electron chi connectivity index (χ1n) is 12.9. The molecule has 0 atom stereocenters. The van der Waals surface area contributed by atoms with Crippen LogP contribution in [0, 0.1) is 5.41 Å². The Balaban J connectivity index is 1.60. The van der Waals surface area contributed by atoms with Gasteiger partial charge in [-0.15, -0.1) is 0 Å². The monoisotopic (exact) mass is 547 g/mol. The van der Waals surface area contributed by atoms with Gasteiger partial charge >= 0.3 is 0 Å². The fraction of sp³-hybridized carbons (Fsp3) is 0.600. The van der Waals surface area contributed by atoms with E-state index in [1.165, 1.54) is 11.1 Å². The largest absolute Gasteiger partial charge is 0.494 e. The number of hydrogen-bond donors (Lipinski definition) is 0. The molecule has 2 aromatic rings. The summed E-state index contributed by atoms with van der Waals surface area (Å²) in [7, 11) is 2.12. The Morgan fingerprint density at radius 1 is 0.743 bits per heavy atom. The highest BCUT2D eigenvalue weighted by molar-refractivity contribution is 9.09. The normalized spacial score (nSPS) is 12.2. The molecular formula is C30H46BrNO3. The van der Waals surface area contributed by atoms with Gasteiger partial charge in [-0.2, -0.15) is 0 Å². The molecule has 0 aliphatic rings. The fourth-order valence-electron chi connectivity index (χ4n) is 4.44. The molecule has 0 radical (unpaired) electrons. The van der Waals surface area contributed by atoms with Gasteiger partial charge in [-0.1, -0.05) is 74.8 Å². The van der Waals surface area contributed by atoms with Gasteiger partial charge in [0.05, 0.1) is 19.8 Å². The third-order valence-electron chi connectivity index (χ3n) is 5.89. The second-order valence-electron chi connectivity index (χ2n) is 11.2. The van der Waals surface area contributed by atoms with Gasteiger partial charge in [-0.3, -0.25) is 4.90 Å². The second kappa shape index (κ2) is 14.9. The molecule has 0 bridgehead atoms. The number of rotatable bonds is 16. The molecule has 35 heavy (non-hydrogen) atoms. The van der Waals surface area contributed by atoms with E-state index in [9.17, 15) is 0 Å². The fourth-order valence-corrected chi connectivity index (χ4v) is 4.84. The van der Waals surface area contributed by atoms with Gasteiger partial charge < -0.3 is 14.2 Å². The van der Waals surface area contributed by atoms with E-state index in [2.05, 4.69) is 111 Å². The van der Waals surface area contributed by atoms with Crippen molar-refractivity contribution in [3.63, 3.8) is 0 Å². The van der Waals surface area contributed by atoms with Crippen LogP contribution in [-0.2, 0) is 16.7 Å². The third-order valence-corrected chi connectivity index (χ3v) is 6.46. The summed E-state index contributed by atoms with van der Waals surface area (Å²) >= 11 is 3.45. The predicted molar refractivity (Wildman–Crippen MR) is 151 cm³/mol. The van der Waals surface area contributed by atoms with Crippen molar-refractivity contribution in [1.29, 1.82) is 0 Å². The summed E-state index contributed by atoms with van der Waals surface area (Å²) < 4.78 is 17.4. The third kappa shape index (κ3) is 12.3. The van der Waals surface area contributed by atoms with Gasteiger partial charge in [-0.05, 0) is 72.5 Å². The number of likely N-dealkylation sites (N-methyl/N-ethyl adjacent to an activating group) is 1. The van der Waals surface area contributed by atoms with E-state index in [0.717, 1.165) is 55.8 Å². The number of hydrogen-bond acceptors (Lipinski definition) is 4. The van der Waals surface area contributed by atoms with E-state index in [-0.39, 0.29) is 5.41 Å². The molecule has 0 aliphatic heterocycles. The Kier molecular flexibility index (Phi) is 12.6. The van der Waals surface area contributed by atoms with Crippen LogP contribution in [0.15, 0.2) is 48.5 Å². The highest BCUT2D eigenvalue weighted by Crippen LogP contribution is 2.36. The van der Waals surface area contributed by atoms with E-state index in [1.54, 1.807) is 0 Å². The van der Waals surface area contributed by atoms with Crippen molar-refractivity contribution in [2.75, 3.05) is 45.4 Å². The van der Waals surface area contributed by atoms with Gasteiger partial charge in [0.2, 0.25) is 0 Å².